The van der Waals surface area contributed by atoms with Gasteiger partial charge < -0.3 is 20.1 Å². The Balaban J connectivity index is 2.47. The van der Waals surface area contributed by atoms with Gasteiger partial charge in [0.1, 0.15) is 5.82 Å². The standard InChI is InChI=1S/C26H37FN4O4/c1-7-19(9-25(33)34)20-10-22(30-24(32)8-18-12-28-26(35-6)29-13-18)23(11-21(20)27)31(14-16(2)3)15-17(4)5/h10-13,16-17,19H,7-9,14-15H2,1-6H3,(H,30,32)(H,33,34). The van der Waals surface area contributed by atoms with Crippen LogP contribution in [0.3, 0.4) is 0 Å². The summed E-state index contributed by atoms with van der Waals surface area (Å²) >= 11 is 0. The van der Waals surface area contributed by atoms with Crippen molar-refractivity contribution in [1.82, 2.24) is 9.97 Å². The minimum atomic E-state index is -0.994. The number of benzene rings is 1. The number of carbonyl (C=O) groups is 2. The molecule has 0 fully saturated rings. The number of amides is 1. The minimum Gasteiger partial charge on any atom is -0.481 e. The van der Waals surface area contributed by atoms with Crippen molar-refractivity contribution in [2.24, 2.45) is 11.8 Å². The number of halogens is 1. The van der Waals surface area contributed by atoms with E-state index in [-0.39, 0.29) is 30.3 Å². The molecule has 192 valence electrons. The molecule has 9 heteroatoms. The Hall–Kier alpha value is -3.23. The van der Waals surface area contributed by atoms with Gasteiger partial charge in [-0.25, -0.2) is 14.4 Å². The van der Waals surface area contributed by atoms with E-state index in [4.69, 9.17) is 4.74 Å². The summed E-state index contributed by atoms with van der Waals surface area (Å²) in [5.74, 6) is -1.65. The van der Waals surface area contributed by atoms with E-state index in [9.17, 15) is 14.7 Å². The predicted molar refractivity (Wildman–Crippen MR) is 134 cm³/mol. The lowest BCUT2D eigenvalue weighted by Crippen LogP contribution is -2.32. The van der Waals surface area contributed by atoms with Gasteiger partial charge in [-0.05, 0) is 47.4 Å². The number of rotatable bonds is 13. The molecule has 35 heavy (non-hydrogen) atoms. The third-order valence-corrected chi connectivity index (χ3v) is 5.48. The Morgan fingerprint density at radius 3 is 2.20 bits per heavy atom. The second-order valence-electron chi connectivity index (χ2n) is 9.59. The highest BCUT2D eigenvalue weighted by atomic mass is 19.1. The maximum Gasteiger partial charge on any atom is 0.316 e. The van der Waals surface area contributed by atoms with Gasteiger partial charge in [-0.15, -0.1) is 0 Å². The van der Waals surface area contributed by atoms with E-state index in [1.54, 1.807) is 6.07 Å². The van der Waals surface area contributed by atoms with Gasteiger partial charge in [-0.2, -0.15) is 0 Å². The molecule has 1 aromatic heterocycles. The number of methoxy groups -OCH3 is 1. The number of nitrogens with one attached hydrogen (secondary N) is 1. The predicted octanol–water partition coefficient (Wildman–Crippen LogP) is 4.89. The zero-order valence-electron chi connectivity index (χ0n) is 21.5. The Morgan fingerprint density at radius 2 is 1.71 bits per heavy atom. The van der Waals surface area contributed by atoms with Gasteiger partial charge in [0.05, 0.1) is 31.3 Å². The maximum absolute atomic E-state index is 15.3. The number of hydrogen-bond acceptors (Lipinski definition) is 6. The molecule has 0 saturated heterocycles. The SMILES string of the molecule is CCC(CC(=O)O)c1cc(NC(=O)Cc2cnc(OC)nc2)c(N(CC(C)C)CC(C)C)cc1F. The third-order valence-electron chi connectivity index (χ3n) is 5.48. The number of carboxylic acid groups (broad SMARTS) is 1. The van der Waals surface area contributed by atoms with Crippen LogP contribution in [0.15, 0.2) is 24.5 Å². The average Bonchev–Trinajstić information content (AvgIpc) is 2.77. The van der Waals surface area contributed by atoms with Crippen molar-refractivity contribution >= 4 is 23.3 Å². The molecule has 1 aromatic carbocycles. The lowest BCUT2D eigenvalue weighted by Gasteiger charge is -2.31. The Kier molecular flexibility index (Phi) is 10.4. The zero-order chi connectivity index (χ0) is 26.1. The van der Waals surface area contributed by atoms with Crippen molar-refractivity contribution in [3.63, 3.8) is 0 Å². The van der Waals surface area contributed by atoms with E-state index >= 15 is 4.39 Å². The number of ether oxygens (including phenoxy) is 1. The molecule has 2 N–H and O–H groups in total. The fourth-order valence-corrected chi connectivity index (χ4v) is 4.01. The van der Waals surface area contributed by atoms with Crippen molar-refractivity contribution in [2.45, 2.75) is 59.8 Å². The second-order valence-corrected chi connectivity index (χ2v) is 9.59. The van der Waals surface area contributed by atoms with E-state index in [1.807, 2.05) is 6.92 Å². The summed E-state index contributed by atoms with van der Waals surface area (Å²) in [7, 11) is 1.46. The van der Waals surface area contributed by atoms with Gasteiger partial charge in [0.15, 0.2) is 0 Å². The molecule has 1 unspecified atom stereocenters. The van der Waals surface area contributed by atoms with Gasteiger partial charge in [-0.1, -0.05) is 34.6 Å². The van der Waals surface area contributed by atoms with E-state index in [2.05, 4.69) is 47.9 Å². The first-order valence-electron chi connectivity index (χ1n) is 12.0. The van der Waals surface area contributed by atoms with Gasteiger partial charge in [0, 0.05) is 25.5 Å². The van der Waals surface area contributed by atoms with E-state index in [0.29, 0.717) is 48.3 Å². The quantitative estimate of drug-likeness (QED) is 0.413. The topological polar surface area (TPSA) is 105 Å². The Bertz CT molecular complexity index is 986. The number of hydrogen-bond donors (Lipinski definition) is 2. The number of aromatic nitrogens is 2. The molecule has 0 aliphatic rings. The molecular formula is C26H37FN4O4. The number of aliphatic carboxylic acids is 1. The van der Waals surface area contributed by atoms with Crippen molar-refractivity contribution < 1.29 is 23.8 Å². The van der Waals surface area contributed by atoms with Crippen molar-refractivity contribution in [1.29, 1.82) is 0 Å². The fraction of sp³-hybridized carbons (Fsp3) is 0.538. The van der Waals surface area contributed by atoms with E-state index in [1.165, 1.54) is 25.6 Å². The molecule has 0 saturated carbocycles. The summed E-state index contributed by atoms with van der Waals surface area (Å²) < 4.78 is 20.3. The third kappa shape index (κ3) is 8.49. The molecular weight excluding hydrogens is 451 g/mol. The molecule has 0 spiro atoms. The van der Waals surface area contributed by atoms with Crippen molar-refractivity contribution in [3.8, 4) is 6.01 Å². The molecule has 1 atom stereocenters. The van der Waals surface area contributed by atoms with Crippen LogP contribution in [0, 0.1) is 17.7 Å². The van der Waals surface area contributed by atoms with E-state index < -0.39 is 17.7 Å². The fourth-order valence-electron chi connectivity index (χ4n) is 4.01. The molecule has 8 nitrogen and oxygen atoms in total. The van der Waals surface area contributed by atoms with Gasteiger partial charge in [-0.3, -0.25) is 9.59 Å². The van der Waals surface area contributed by atoms with Crippen LogP contribution in [0.1, 0.15) is 64.5 Å². The highest BCUT2D eigenvalue weighted by Crippen LogP contribution is 2.36. The Labute approximate surface area is 206 Å². The molecule has 0 radical (unpaired) electrons. The molecule has 0 bridgehead atoms. The normalized spacial score (nSPS) is 12.0. The van der Waals surface area contributed by atoms with Crippen molar-refractivity contribution in [3.05, 3.63) is 41.5 Å². The monoisotopic (exact) mass is 488 g/mol. The number of nitrogens with zero attached hydrogens (tertiary/aromatic N) is 3. The van der Waals surface area contributed by atoms with Crippen LogP contribution in [0.5, 0.6) is 6.01 Å². The first kappa shape index (κ1) is 28.0. The summed E-state index contributed by atoms with van der Waals surface area (Å²) in [5, 5.41) is 12.2. The van der Waals surface area contributed by atoms with Crippen LogP contribution in [-0.4, -0.2) is 47.2 Å². The molecule has 1 heterocycles. The lowest BCUT2D eigenvalue weighted by atomic mass is 9.91. The summed E-state index contributed by atoms with van der Waals surface area (Å²) in [4.78, 5) is 34.5. The molecule has 0 aliphatic carbocycles. The van der Waals surface area contributed by atoms with Gasteiger partial charge >= 0.3 is 12.0 Å². The van der Waals surface area contributed by atoms with Gasteiger partial charge in [0.2, 0.25) is 5.91 Å². The van der Waals surface area contributed by atoms with Crippen LogP contribution < -0.4 is 15.0 Å². The zero-order valence-corrected chi connectivity index (χ0v) is 21.5. The number of carbonyl (C=O) groups excluding carboxylic acids is 1. The smallest absolute Gasteiger partial charge is 0.316 e. The molecule has 2 rings (SSSR count). The number of anilines is 2. The summed E-state index contributed by atoms with van der Waals surface area (Å²) in [6, 6.07) is 3.23. The average molecular weight is 489 g/mol. The highest BCUT2D eigenvalue weighted by Gasteiger charge is 2.23. The number of carboxylic acids is 1. The van der Waals surface area contributed by atoms with Crippen LogP contribution in [0.25, 0.3) is 0 Å². The first-order valence-corrected chi connectivity index (χ1v) is 12.0. The summed E-state index contributed by atoms with van der Waals surface area (Å²) in [5.41, 5.74) is 1.94. The van der Waals surface area contributed by atoms with Crippen LogP contribution in [0.4, 0.5) is 15.8 Å². The van der Waals surface area contributed by atoms with Gasteiger partial charge in [0.25, 0.3) is 0 Å². The lowest BCUT2D eigenvalue weighted by molar-refractivity contribution is -0.137. The van der Waals surface area contributed by atoms with Crippen LogP contribution in [-0.2, 0) is 16.0 Å². The molecule has 2 aromatic rings. The highest BCUT2D eigenvalue weighted by molar-refractivity contribution is 5.95. The second kappa shape index (κ2) is 13.0. The summed E-state index contributed by atoms with van der Waals surface area (Å²) in [6.07, 6.45) is 3.33. The van der Waals surface area contributed by atoms with Crippen LogP contribution >= 0.6 is 0 Å². The Morgan fingerprint density at radius 1 is 1.11 bits per heavy atom. The molecule has 0 aliphatic heterocycles. The maximum atomic E-state index is 15.3. The minimum absolute atomic E-state index is 0.0246. The van der Waals surface area contributed by atoms with E-state index in [0.717, 1.165) is 0 Å². The van der Waals surface area contributed by atoms with Crippen LogP contribution in [0.2, 0.25) is 0 Å². The first-order chi connectivity index (χ1) is 16.5. The molecule has 1 amide bonds. The summed E-state index contributed by atoms with van der Waals surface area (Å²) in [6.45, 7) is 11.5. The van der Waals surface area contributed by atoms with Crippen molar-refractivity contribution in [2.75, 3.05) is 30.4 Å². The largest absolute Gasteiger partial charge is 0.481 e.